The first-order valence-corrected chi connectivity index (χ1v) is 9.46. The van der Waals surface area contributed by atoms with Crippen molar-refractivity contribution in [2.45, 2.75) is 38.5 Å². The van der Waals surface area contributed by atoms with Crippen LogP contribution in [0.25, 0.3) is 10.9 Å². The smallest absolute Gasteiger partial charge is 0.354 e. The topological polar surface area (TPSA) is 63.4 Å². The van der Waals surface area contributed by atoms with Crippen LogP contribution in [0.2, 0.25) is 0 Å². The van der Waals surface area contributed by atoms with Gasteiger partial charge in [0.05, 0.1) is 12.7 Å². The van der Waals surface area contributed by atoms with Gasteiger partial charge in [0.1, 0.15) is 11.5 Å². The van der Waals surface area contributed by atoms with Gasteiger partial charge < -0.3 is 19.8 Å². The Labute approximate surface area is 162 Å². The second-order valence-corrected chi connectivity index (χ2v) is 6.98. The first-order valence-electron chi connectivity index (χ1n) is 9.46. The molecule has 1 aromatic heterocycles. The Morgan fingerprint density at radius 3 is 2.68 bits per heavy atom. The molecule has 28 heavy (non-hydrogen) atoms. The summed E-state index contributed by atoms with van der Waals surface area (Å²) in [6.45, 7) is 4.16. The summed E-state index contributed by atoms with van der Waals surface area (Å²) in [4.78, 5) is 15.5. The molecule has 146 valence electrons. The van der Waals surface area contributed by atoms with Gasteiger partial charge >= 0.3 is 5.97 Å². The standard InChI is InChI=1S/C22H23FN2O3/c1-4-22(5-2)15-8-6-7-9-17(15)25-20(28-22)18-14-12-13(23)10-11-16(14)24-19(18)21(26)27-3/h6-12,20,24-25H,4-5H2,1-3H3. The van der Waals surface area contributed by atoms with Gasteiger partial charge in [-0.2, -0.15) is 0 Å². The van der Waals surface area contributed by atoms with E-state index in [1.54, 1.807) is 6.07 Å². The maximum Gasteiger partial charge on any atom is 0.354 e. The van der Waals surface area contributed by atoms with Crippen LogP contribution in [0.15, 0.2) is 42.5 Å². The number of halogens is 1. The monoisotopic (exact) mass is 382 g/mol. The average molecular weight is 382 g/mol. The molecule has 0 amide bonds. The highest BCUT2D eigenvalue weighted by molar-refractivity contribution is 5.98. The highest BCUT2D eigenvalue weighted by atomic mass is 19.1. The lowest BCUT2D eigenvalue weighted by molar-refractivity contribution is -0.103. The third-order valence-corrected chi connectivity index (χ3v) is 5.64. The Morgan fingerprint density at radius 1 is 1.21 bits per heavy atom. The molecule has 0 spiro atoms. The predicted molar refractivity (Wildman–Crippen MR) is 106 cm³/mol. The molecule has 1 unspecified atom stereocenters. The number of carbonyl (C=O) groups is 1. The minimum Gasteiger partial charge on any atom is -0.464 e. The quantitative estimate of drug-likeness (QED) is 0.605. The summed E-state index contributed by atoms with van der Waals surface area (Å²) in [7, 11) is 1.32. The van der Waals surface area contributed by atoms with Gasteiger partial charge in [-0.25, -0.2) is 9.18 Å². The molecule has 2 N–H and O–H groups in total. The van der Waals surface area contributed by atoms with Gasteiger partial charge in [-0.1, -0.05) is 32.0 Å². The van der Waals surface area contributed by atoms with Gasteiger partial charge in [0.2, 0.25) is 0 Å². The molecular weight excluding hydrogens is 359 g/mol. The molecule has 1 aliphatic heterocycles. The van der Waals surface area contributed by atoms with Gasteiger partial charge in [0.25, 0.3) is 0 Å². The Bertz CT molecular complexity index is 1040. The first-order chi connectivity index (χ1) is 13.5. The number of nitrogens with one attached hydrogen (secondary N) is 2. The lowest BCUT2D eigenvalue weighted by atomic mass is 9.85. The lowest BCUT2D eigenvalue weighted by Crippen LogP contribution is -2.38. The molecule has 1 atom stereocenters. The van der Waals surface area contributed by atoms with Crippen molar-refractivity contribution in [2.24, 2.45) is 0 Å². The molecule has 0 saturated carbocycles. The number of H-pyrrole nitrogens is 1. The zero-order valence-corrected chi connectivity index (χ0v) is 16.1. The fourth-order valence-corrected chi connectivity index (χ4v) is 4.12. The van der Waals surface area contributed by atoms with E-state index < -0.39 is 17.8 Å². The van der Waals surface area contributed by atoms with E-state index in [4.69, 9.17) is 9.47 Å². The number of para-hydroxylation sites is 1. The third kappa shape index (κ3) is 2.76. The number of aromatic amines is 1. The summed E-state index contributed by atoms with van der Waals surface area (Å²) < 4.78 is 25.5. The number of ether oxygens (including phenoxy) is 2. The van der Waals surface area contributed by atoms with Crippen molar-refractivity contribution >= 4 is 22.6 Å². The van der Waals surface area contributed by atoms with E-state index in [-0.39, 0.29) is 11.5 Å². The summed E-state index contributed by atoms with van der Waals surface area (Å²) in [5, 5.41) is 3.98. The van der Waals surface area contributed by atoms with E-state index in [1.807, 2.05) is 18.2 Å². The molecule has 0 saturated heterocycles. The molecule has 3 aromatic rings. The van der Waals surface area contributed by atoms with E-state index >= 15 is 0 Å². The minimum absolute atomic E-state index is 0.265. The maximum atomic E-state index is 14.0. The van der Waals surface area contributed by atoms with Crippen molar-refractivity contribution in [3.8, 4) is 0 Å². The second kappa shape index (κ2) is 6.95. The van der Waals surface area contributed by atoms with Crippen LogP contribution in [-0.2, 0) is 15.1 Å². The average Bonchev–Trinajstić information content (AvgIpc) is 3.10. The molecular formula is C22H23FN2O3. The van der Waals surface area contributed by atoms with Crippen LogP contribution in [0.4, 0.5) is 10.1 Å². The number of anilines is 1. The molecule has 0 fully saturated rings. The number of rotatable bonds is 4. The van der Waals surface area contributed by atoms with E-state index in [2.05, 4.69) is 30.2 Å². The molecule has 5 nitrogen and oxygen atoms in total. The lowest BCUT2D eigenvalue weighted by Gasteiger charge is -2.43. The van der Waals surface area contributed by atoms with Crippen molar-refractivity contribution in [2.75, 3.05) is 12.4 Å². The SMILES string of the molecule is CCC1(CC)OC(c2c(C(=O)OC)[nH]c3ccc(F)cc23)Nc2ccccc21. The van der Waals surface area contributed by atoms with Crippen molar-refractivity contribution in [1.29, 1.82) is 0 Å². The zero-order valence-electron chi connectivity index (χ0n) is 16.1. The molecule has 0 radical (unpaired) electrons. The van der Waals surface area contributed by atoms with E-state index in [0.29, 0.717) is 16.5 Å². The largest absolute Gasteiger partial charge is 0.464 e. The van der Waals surface area contributed by atoms with Crippen LogP contribution in [0, 0.1) is 5.82 Å². The fraction of sp³-hybridized carbons (Fsp3) is 0.318. The van der Waals surface area contributed by atoms with Crippen molar-refractivity contribution < 1.29 is 18.7 Å². The molecule has 6 heteroatoms. The van der Waals surface area contributed by atoms with Crippen LogP contribution in [0.3, 0.4) is 0 Å². The number of methoxy groups -OCH3 is 1. The van der Waals surface area contributed by atoms with Gasteiger partial charge in [0, 0.05) is 27.7 Å². The molecule has 2 aromatic carbocycles. The minimum atomic E-state index is -0.626. The maximum absolute atomic E-state index is 14.0. The molecule has 0 bridgehead atoms. The number of fused-ring (bicyclic) bond motifs is 2. The van der Waals surface area contributed by atoms with E-state index in [1.165, 1.54) is 19.2 Å². The first kappa shape index (κ1) is 18.5. The van der Waals surface area contributed by atoms with Crippen molar-refractivity contribution in [1.82, 2.24) is 4.98 Å². The van der Waals surface area contributed by atoms with Gasteiger partial charge in [-0.3, -0.25) is 0 Å². The number of hydrogen-bond acceptors (Lipinski definition) is 4. The second-order valence-electron chi connectivity index (χ2n) is 6.98. The summed E-state index contributed by atoms with van der Waals surface area (Å²) in [6.07, 6.45) is 0.908. The van der Waals surface area contributed by atoms with Crippen molar-refractivity contribution in [3.05, 3.63) is 65.1 Å². The third-order valence-electron chi connectivity index (χ3n) is 5.64. The summed E-state index contributed by atoms with van der Waals surface area (Å²) in [5.41, 5.74) is 3.00. The predicted octanol–water partition coefficient (Wildman–Crippen LogP) is 5.25. The van der Waals surface area contributed by atoms with E-state index in [9.17, 15) is 9.18 Å². The van der Waals surface area contributed by atoms with Gasteiger partial charge in [-0.05, 0) is 37.1 Å². The Kier molecular flexibility index (Phi) is 4.59. The number of esters is 1. The zero-order chi connectivity index (χ0) is 19.9. The summed E-state index contributed by atoms with van der Waals surface area (Å²) in [6, 6.07) is 12.4. The van der Waals surface area contributed by atoms with Gasteiger partial charge in [-0.15, -0.1) is 0 Å². The number of carbonyl (C=O) groups excluding carboxylic acids is 1. The van der Waals surface area contributed by atoms with E-state index in [0.717, 1.165) is 24.1 Å². The highest BCUT2D eigenvalue weighted by Gasteiger charge is 2.41. The highest BCUT2D eigenvalue weighted by Crippen LogP contribution is 2.47. The van der Waals surface area contributed by atoms with Crippen LogP contribution < -0.4 is 5.32 Å². The van der Waals surface area contributed by atoms with Crippen molar-refractivity contribution in [3.63, 3.8) is 0 Å². The molecule has 0 aliphatic carbocycles. The van der Waals surface area contributed by atoms with Crippen LogP contribution in [0.5, 0.6) is 0 Å². The summed E-state index contributed by atoms with van der Waals surface area (Å²) in [5.74, 6) is -0.896. The molecule has 1 aliphatic rings. The number of aromatic nitrogens is 1. The van der Waals surface area contributed by atoms with Crippen LogP contribution in [-0.4, -0.2) is 18.1 Å². The van der Waals surface area contributed by atoms with Crippen LogP contribution in [0.1, 0.15) is 54.5 Å². The van der Waals surface area contributed by atoms with Gasteiger partial charge in [0.15, 0.2) is 6.23 Å². The molecule has 2 heterocycles. The Morgan fingerprint density at radius 2 is 1.96 bits per heavy atom. The number of benzene rings is 2. The van der Waals surface area contributed by atoms with Crippen LogP contribution >= 0.6 is 0 Å². The molecule has 4 rings (SSSR count). The normalized spacial score (nSPS) is 17.8. The Hall–Kier alpha value is -2.86. The summed E-state index contributed by atoms with van der Waals surface area (Å²) >= 11 is 0. The fourth-order valence-electron chi connectivity index (χ4n) is 4.12. The number of hydrogen-bond donors (Lipinski definition) is 2. The Balaban J connectivity index is 1.93.